The molecule has 3 rings (SSSR count). The van der Waals surface area contributed by atoms with Gasteiger partial charge in [-0.05, 0) is 48.4 Å². The van der Waals surface area contributed by atoms with Crippen molar-refractivity contribution in [3.05, 3.63) is 93.0 Å². The van der Waals surface area contributed by atoms with Gasteiger partial charge in [0.2, 0.25) is 0 Å². The van der Waals surface area contributed by atoms with Crippen LogP contribution in [-0.4, -0.2) is 13.0 Å². The minimum absolute atomic E-state index is 0.106. The molecule has 5 nitrogen and oxygen atoms in total. The van der Waals surface area contributed by atoms with Gasteiger partial charge in [-0.1, -0.05) is 59.6 Å². The van der Waals surface area contributed by atoms with Gasteiger partial charge in [0.25, 0.3) is 5.91 Å². The van der Waals surface area contributed by atoms with Crippen molar-refractivity contribution < 1.29 is 14.3 Å². The summed E-state index contributed by atoms with van der Waals surface area (Å²) < 4.78 is 11.4. The van der Waals surface area contributed by atoms with E-state index in [2.05, 4.69) is 5.32 Å². The van der Waals surface area contributed by atoms with Crippen molar-refractivity contribution >= 4 is 40.9 Å². The SMILES string of the molecule is COc1cccc(/C=C(\C#N)C(=O)Nc2c(C)cccc2Cl)c1OCc1cccc(Cl)c1. The van der Waals surface area contributed by atoms with E-state index in [9.17, 15) is 10.1 Å². The van der Waals surface area contributed by atoms with Crippen LogP contribution in [0, 0.1) is 18.3 Å². The molecule has 0 aliphatic rings. The summed E-state index contributed by atoms with van der Waals surface area (Å²) in [5.41, 5.74) is 2.53. The maximum absolute atomic E-state index is 12.8. The topological polar surface area (TPSA) is 71.3 Å². The summed E-state index contributed by atoms with van der Waals surface area (Å²) in [6.45, 7) is 2.05. The summed E-state index contributed by atoms with van der Waals surface area (Å²) in [5, 5.41) is 13.3. The van der Waals surface area contributed by atoms with Gasteiger partial charge >= 0.3 is 0 Å². The molecule has 0 saturated heterocycles. The number of nitrogens with zero attached hydrogens (tertiary/aromatic N) is 1. The highest BCUT2D eigenvalue weighted by Gasteiger charge is 2.16. The molecule has 0 aromatic heterocycles. The summed E-state index contributed by atoms with van der Waals surface area (Å²) in [6.07, 6.45) is 1.46. The Morgan fingerprint density at radius 1 is 1.12 bits per heavy atom. The molecule has 0 fully saturated rings. The molecule has 1 amide bonds. The molecule has 3 aromatic rings. The highest BCUT2D eigenvalue weighted by atomic mass is 35.5. The lowest BCUT2D eigenvalue weighted by Crippen LogP contribution is -2.14. The fourth-order valence-electron chi connectivity index (χ4n) is 3.02. The number of carbonyl (C=O) groups excluding carboxylic acids is 1. The maximum atomic E-state index is 12.8. The van der Waals surface area contributed by atoms with Crippen LogP contribution in [0.25, 0.3) is 6.08 Å². The number of carbonyl (C=O) groups is 1. The predicted molar refractivity (Wildman–Crippen MR) is 127 cm³/mol. The lowest BCUT2D eigenvalue weighted by Gasteiger charge is -2.14. The maximum Gasteiger partial charge on any atom is 0.266 e. The molecular formula is C25H20Cl2N2O3. The molecule has 0 saturated carbocycles. The molecule has 162 valence electrons. The van der Waals surface area contributed by atoms with Gasteiger partial charge in [-0.15, -0.1) is 0 Å². The minimum Gasteiger partial charge on any atom is -0.493 e. The van der Waals surface area contributed by atoms with Crippen LogP contribution in [0.2, 0.25) is 10.0 Å². The van der Waals surface area contributed by atoms with E-state index in [0.717, 1.165) is 11.1 Å². The van der Waals surface area contributed by atoms with Crippen LogP contribution < -0.4 is 14.8 Å². The number of hydrogen-bond donors (Lipinski definition) is 1. The lowest BCUT2D eigenvalue weighted by molar-refractivity contribution is -0.112. The fourth-order valence-corrected chi connectivity index (χ4v) is 3.50. The Bertz CT molecular complexity index is 1200. The standard InChI is InChI=1S/C25H20Cl2N2O3/c1-16-6-3-10-21(27)23(16)29-25(30)19(14-28)13-18-8-5-11-22(31-2)24(18)32-15-17-7-4-9-20(26)12-17/h3-13H,15H2,1-2H3,(H,29,30)/b19-13+. The smallest absolute Gasteiger partial charge is 0.266 e. The number of methoxy groups -OCH3 is 1. The van der Waals surface area contributed by atoms with E-state index in [-0.39, 0.29) is 12.2 Å². The molecule has 1 N–H and O–H groups in total. The molecule has 3 aromatic carbocycles. The van der Waals surface area contributed by atoms with Crippen molar-refractivity contribution in [2.45, 2.75) is 13.5 Å². The van der Waals surface area contributed by atoms with E-state index in [1.165, 1.54) is 13.2 Å². The molecule has 0 atom stereocenters. The fraction of sp³-hybridized carbons (Fsp3) is 0.120. The number of hydrogen-bond acceptors (Lipinski definition) is 4. The van der Waals surface area contributed by atoms with Crippen molar-refractivity contribution in [2.75, 3.05) is 12.4 Å². The summed E-state index contributed by atoms with van der Waals surface area (Å²) in [4.78, 5) is 12.8. The molecule has 32 heavy (non-hydrogen) atoms. The average molecular weight is 467 g/mol. The number of aryl methyl sites for hydroxylation is 1. The molecule has 0 aliphatic heterocycles. The molecule has 0 spiro atoms. The van der Waals surface area contributed by atoms with E-state index in [1.807, 2.05) is 31.2 Å². The molecule has 0 bridgehead atoms. The number of halogens is 2. The van der Waals surface area contributed by atoms with Gasteiger partial charge in [-0.2, -0.15) is 5.26 Å². The first-order valence-corrected chi connectivity index (χ1v) is 10.4. The monoisotopic (exact) mass is 466 g/mol. The van der Waals surface area contributed by atoms with Crippen LogP contribution in [0.4, 0.5) is 5.69 Å². The third-order valence-electron chi connectivity index (χ3n) is 4.63. The first-order valence-electron chi connectivity index (χ1n) is 9.65. The molecular weight excluding hydrogens is 447 g/mol. The quantitative estimate of drug-likeness (QED) is 0.321. The Hall–Kier alpha value is -3.46. The number of anilines is 1. The zero-order chi connectivity index (χ0) is 23.1. The molecule has 7 heteroatoms. The van der Waals surface area contributed by atoms with E-state index in [0.29, 0.717) is 32.8 Å². The zero-order valence-electron chi connectivity index (χ0n) is 17.5. The second kappa shape index (κ2) is 10.7. The van der Waals surface area contributed by atoms with Gasteiger partial charge in [0.05, 0.1) is 17.8 Å². The minimum atomic E-state index is -0.577. The predicted octanol–water partition coefficient (Wildman–Crippen LogP) is 6.44. The highest BCUT2D eigenvalue weighted by Crippen LogP contribution is 2.34. The van der Waals surface area contributed by atoms with Gasteiger partial charge in [0.15, 0.2) is 11.5 Å². The molecule has 0 unspecified atom stereocenters. The Morgan fingerprint density at radius 3 is 2.56 bits per heavy atom. The summed E-state index contributed by atoms with van der Waals surface area (Å²) in [6, 6.07) is 19.7. The first kappa shape index (κ1) is 23.2. The largest absolute Gasteiger partial charge is 0.493 e. The normalized spacial score (nSPS) is 10.9. The van der Waals surface area contributed by atoms with Gasteiger partial charge in [0.1, 0.15) is 18.2 Å². The Kier molecular flexibility index (Phi) is 7.77. The third kappa shape index (κ3) is 5.61. The summed E-state index contributed by atoms with van der Waals surface area (Å²) in [7, 11) is 1.52. The van der Waals surface area contributed by atoms with Gasteiger partial charge < -0.3 is 14.8 Å². The van der Waals surface area contributed by atoms with Crippen molar-refractivity contribution in [3.8, 4) is 17.6 Å². The van der Waals surface area contributed by atoms with Gasteiger partial charge in [0, 0.05) is 10.6 Å². The number of nitriles is 1. The summed E-state index contributed by atoms with van der Waals surface area (Å²) in [5.74, 6) is 0.303. The molecule has 0 aliphatic carbocycles. The third-order valence-corrected chi connectivity index (χ3v) is 5.18. The Labute approximate surface area is 196 Å². The van der Waals surface area contributed by atoms with E-state index >= 15 is 0 Å². The van der Waals surface area contributed by atoms with Gasteiger partial charge in [-0.3, -0.25) is 4.79 Å². The number of rotatable bonds is 7. The molecule has 0 heterocycles. The van der Waals surface area contributed by atoms with Crippen molar-refractivity contribution in [2.24, 2.45) is 0 Å². The van der Waals surface area contributed by atoms with Crippen LogP contribution in [0.3, 0.4) is 0 Å². The van der Waals surface area contributed by atoms with E-state index in [1.54, 1.807) is 42.5 Å². The second-order valence-electron chi connectivity index (χ2n) is 6.85. The van der Waals surface area contributed by atoms with Crippen LogP contribution in [0.5, 0.6) is 11.5 Å². The number of nitrogens with one attached hydrogen (secondary N) is 1. The van der Waals surface area contributed by atoms with Crippen molar-refractivity contribution in [1.82, 2.24) is 0 Å². The average Bonchev–Trinajstić information content (AvgIpc) is 2.78. The highest BCUT2D eigenvalue weighted by molar-refractivity contribution is 6.34. The number of amides is 1. The first-order chi connectivity index (χ1) is 15.4. The van der Waals surface area contributed by atoms with E-state index < -0.39 is 5.91 Å². The van der Waals surface area contributed by atoms with Crippen LogP contribution >= 0.6 is 23.2 Å². The second-order valence-corrected chi connectivity index (χ2v) is 7.70. The van der Waals surface area contributed by atoms with Crippen molar-refractivity contribution in [1.29, 1.82) is 5.26 Å². The lowest BCUT2D eigenvalue weighted by atomic mass is 10.1. The number of ether oxygens (including phenoxy) is 2. The van der Waals surface area contributed by atoms with E-state index in [4.69, 9.17) is 32.7 Å². The molecule has 0 radical (unpaired) electrons. The zero-order valence-corrected chi connectivity index (χ0v) is 19.0. The van der Waals surface area contributed by atoms with Gasteiger partial charge in [-0.25, -0.2) is 0 Å². The van der Waals surface area contributed by atoms with Crippen molar-refractivity contribution in [3.63, 3.8) is 0 Å². The summed E-state index contributed by atoms with van der Waals surface area (Å²) >= 11 is 12.2. The van der Waals surface area contributed by atoms with Crippen LogP contribution in [-0.2, 0) is 11.4 Å². The van der Waals surface area contributed by atoms with Crippen LogP contribution in [0.1, 0.15) is 16.7 Å². The Balaban J connectivity index is 1.91. The Morgan fingerprint density at radius 2 is 1.88 bits per heavy atom. The van der Waals surface area contributed by atoms with Crippen LogP contribution in [0.15, 0.2) is 66.2 Å². The number of para-hydroxylation sites is 2. The number of benzene rings is 3.